The van der Waals surface area contributed by atoms with Gasteiger partial charge in [0.1, 0.15) is 25.0 Å². The van der Waals surface area contributed by atoms with Crippen LogP contribution in [0.2, 0.25) is 0 Å². The Morgan fingerprint density at radius 2 is 1.84 bits per heavy atom. The van der Waals surface area contributed by atoms with Crippen LogP contribution in [0.25, 0.3) is 11.0 Å². The van der Waals surface area contributed by atoms with E-state index in [0.717, 1.165) is 24.0 Å². The number of piperazine rings is 1. The summed E-state index contributed by atoms with van der Waals surface area (Å²) >= 11 is 0. The molecule has 0 unspecified atom stereocenters. The number of fused-ring (bicyclic) bond motifs is 1. The Hall–Kier alpha value is -3.23. The Morgan fingerprint density at radius 3 is 2.59 bits per heavy atom. The van der Waals surface area contributed by atoms with Crippen molar-refractivity contribution in [2.24, 2.45) is 5.73 Å². The summed E-state index contributed by atoms with van der Waals surface area (Å²) in [6.45, 7) is 2.83. The molecule has 0 radical (unpaired) electrons. The normalized spacial score (nSPS) is 17.0. The number of ether oxygens (including phenoxy) is 1. The van der Waals surface area contributed by atoms with E-state index in [2.05, 4.69) is 22.0 Å². The van der Waals surface area contributed by atoms with Gasteiger partial charge in [-0.25, -0.2) is 4.98 Å². The molecule has 0 saturated carbocycles. The smallest absolute Gasteiger partial charge is 0.243 e. The second-order valence-electron chi connectivity index (χ2n) is 8.08. The van der Waals surface area contributed by atoms with E-state index in [1.165, 1.54) is 5.56 Å². The third kappa shape index (κ3) is 4.81. The number of benzene rings is 2. The van der Waals surface area contributed by atoms with E-state index >= 15 is 0 Å². The molecular formula is C24H29N5O3. The fourth-order valence-corrected chi connectivity index (χ4v) is 4.28. The van der Waals surface area contributed by atoms with Gasteiger partial charge in [-0.15, -0.1) is 0 Å². The molecule has 1 aliphatic heterocycles. The van der Waals surface area contributed by atoms with E-state index in [1.54, 1.807) is 12.0 Å². The second-order valence-corrected chi connectivity index (χ2v) is 8.08. The highest BCUT2D eigenvalue weighted by molar-refractivity contribution is 5.88. The highest BCUT2D eigenvalue weighted by Gasteiger charge is 2.34. The highest BCUT2D eigenvalue weighted by atomic mass is 16.5. The Labute approximate surface area is 187 Å². The van der Waals surface area contributed by atoms with Gasteiger partial charge in [0, 0.05) is 33.3 Å². The summed E-state index contributed by atoms with van der Waals surface area (Å²) in [4.78, 5) is 33.9. The highest BCUT2D eigenvalue weighted by Crippen LogP contribution is 2.19. The molecule has 3 aromatic rings. The van der Waals surface area contributed by atoms with Crippen molar-refractivity contribution < 1.29 is 14.3 Å². The first-order valence-electron chi connectivity index (χ1n) is 10.8. The zero-order valence-corrected chi connectivity index (χ0v) is 18.3. The number of rotatable bonds is 8. The van der Waals surface area contributed by atoms with E-state index < -0.39 is 11.9 Å². The number of hydrogen-bond acceptors (Lipinski definition) is 5. The number of para-hydroxylation sites is 2. The molecule has 1 saturated heterocycles. The lowest BCUT2D eigenvalue weighted by molar-refractivity contribution is -0.143. The third-order valence-corrected chi connectivity index (χ3v) is 5.97. The molecule has 168 valence electrons. The summed E-state index contributed by atoms with van der Waals surface area (Å²) in [6, 6.07) is 17.3. The van der Waals surface area contributed by atoms with Gasteiger partial charge in [-0.1, -0.05) is 42.5 Å². The standard InChI is InChI=1S/C24H29N5O3/c1-32-17-22-26-19-9-5-6-10-20(19)29(22)16-23(30)28-14-13-27(15-21(28)24(25)31)12-11-18-7-3-2-4-8-18/h2-10,21H,11-17H2,1H3,(H2,25,31)/t21-/m1/s1. The van der Waals surface area contributed by atoms with Crippen molar-refractivity contribution in [3.63, 3.8) is 0 Å². The lowest BCUT2D eigenvalue weighted by Crippen LogP contribution is -2.60. The van der Waals surface area contributed by atoms with E-state index in [9.17, 15) is 9.59 Å². The Balaban J connectivity index is 1.46. The van der Waals surface area contributed by atoms with Gasteiger partial charge in [0.25, 0.3) is 0 Å². The number of aromatic nitrogens is 2. The summed E-state index contributed by atoms with van der Waals surface area (Å²) in [5, 5.41) is 0. The number of nitrogens with zero attached hydrogens (tertiary/aromatic N) is 4. The SMILES string of the molecule is COCc1nc2ccccc2n1CC(=O)N1CCN(CCc2ccccc2)C[C@@H]1C(N)=O. The maximum Gasteiger partial charge on any atom is 0.243 e. The zero-order chi connectivity index (χ0) is 22.5. The molecule has 4 rings (SSSR count). The molecule has 8 heteroatoms. The van der Waals surface area contributed by atoms with Crippen molar-refractivity contribution in [1.29, 1.82) is 0 Å². The molecule has 1 aromatic heterocycles. The van der Waals surface area contributed by atoms with Gasteiger partial charge in [0.15, 0.2) is 0 Å². The van der Waals surface area contributed by atoms with Crippen LogP contribution < -0.4 is 5.73 Å². The summed E-state index contributed by atoms with van der Waals surface area (Å²) < 4.78 is 7.14. The fraction of sp³-hybridized carbons (Fsp3) is 0.375. The molecule has 2 N–H and O–H groups in total. The summed E-state index contributed by atoms with van der Waals surface area (Å²) in [6.07, 6.45) is 0.891. The predicted molar refractivity (Wildman–Crippen MR) is 122 cm³/mol. The van der Waals surface area contributed by atoms with Gasteiger partial charge in [-0.2, -0.15) is 0 Å². The van der Waals surface area contributed by atoms with Crippen LogP contribution in [0.3, 0.4) is 0 Å². The quantitative estimate of drug-likeness (QED) is 0.578. The van der Waals surface area contributed by atoms with E-state index in [4.69, 9.17) is 10.5 Å². The minimum Gasteiger partial charge on any atom is -0.377 e. The van der Waals surface area contributed by atoms with Gasteiger partial charge >= 0.3 is 0 Å². The first kappa shape index (κ1) is 22.0. The van der Waals surface area contributed by atoms with Gasteiger partial charge < -0.3 is 19.9 Å². The average molecular weight is 436 g/mol. The van der Waals surface area contributed by atoms with Crippen LogP contribution in [0.15, 0.2) is 54.6 Å². The van der Waals surface area contributed by atoms with E-state index in [-0.39, 0.29) is 12.5 Å². The summed E-state index contributed by atoms with van der Waals surface area (Å²) in [5.74, 6) is 0.0616. The van der Waals surface area contributed by atoms with Crippen molar-refractivity contribution >= 4 is 22.8 Å². The van der Waals surface area contributed by atoms with Crippen LogP contribution in [0.1, 0.15) is 11.4 Å². The molecular weight excluding hydrogens is 406 g/mol. The molecule has 2 amide bonds. The fourth-order valence-electron chi connectivity index (χ4n) is 4.28. The van der Waals surface area contributed by atoms with Gasteiger partial charge in [0.05, 0.1) is 11.0 Å². The van der Waals surface area contributed by atoms with Gasteiger partial charge in [0.2, 0.25) is 11.8 Å². The van der Waals surface area contributed by atoms with Crippen molar-refractivity contribution in [3.8, 4) is 0 Å². The van der Waals surface area contributed by atoms with Gasteiger partial charge in [-0.3, -0.25) is 14.5 Å². The number of carbonyl (C=O) groups excluding carboxylic acids is 2. The third-order valence-electron chi connectivity index (χ3n) is 5.97. The molecule has 1 atom stereocenters. The second kappa shape index (κ2) is 9.93. The molecule has 1 fully saturated rings. The molecule has 1 aliphatic rings. The number of methoxy groups -OCH3 is 1. The first-order chi connectivity index (χ1) is 15.6. The topological polar surface area (TPSA) is 93.7 Å². The van der Waals surface area contributed by atoms with E-state index in [0.29, 0.717) is 32.1 Å². The number of carbonyl (C=O) groups is 2. The Kier molecular flexibility index (Phi) is 6.82. The molecule has 0 aliphatic carbocycles. The lowest BCUT2D eigenvalue weighted by atomic mass is 10.1. The molecule has 2 aromatic carbocycles. The minimum atomic E-state index is -0.646. The number of imidazole rings is 1. The van der Waals surface area contributed by atoms with Crippen LogP contribution in [0.5, 0.6) is 0 Å². The average Bonchev–Trinajstić information content (AvgIpc) is 3.15. The largest absolute Gasteiger partial charge is 0.377 e. The van der Waals surface area contributed by atoms with Crippen molar-refractivity contribution in [2.45, 2.75) is 25.6 Å². The number of primary amides is 1. The van der Waals surface area contributed by atoms with Crippen LogP contribution in [-0.2, 0) is 33.9 Å². The summed E-state index contributed by atoms with van der Waals surface area (Å²) in [7, 11) is 1.60. The van der Waals surface area contributed by atoms with E-state index in [1.807, 2.05) is 47.0 Å². The van der Waals surface area contributed by atoms with Crippen molar-refractivity contribution in [1.82, 2.24) is 19.4 Å². The van der Waals surface area contributed by atoms with Crippen LogP contribution in [0.4, 0.5) is 0 Å². The van der Waals surface area contributed by atoms with Crippen molar-refractivity contribution in [3.05, 3.63) is 66.0 Å². The number of amides is 2. The molecule has 0 spiro atoms. The monoisotopic (exact) mass is 435 g/mol. The Morgan fingerprint density at radius 1 is 1.09 bits per heavy atom. The maximum atomic E-state index is 13.3. The maximum absolute atomic E-state index is 13.3. The zero-order valence-electron chi connectivity index (χ0n) is 18.3. The van der Waals surface area contributed by atoms with Crippen LogP contribution >= 0.6 is 0 Å². The predicted octanol–water partition coefficient (Wildman–Crippen LogP) is 1.42. The lowest BCUT2D eigenvalue weighted by Gasteiger charge is -2.40. The molecule has 2 heterocycles. The van der Waals surface area contributed by atoms with Crippen LogP contribution in [-0.4, -0.2) is 70.5 Å². The van der Waals surface area contributed by atoms with Gasteiger partial charge in [-0.05, 0) is 24.1 Å². The van der Waals surface area contributed by atoms with Crippen molar-refractivity contribution in [2.75, 3.05) is 33.3 Å². The molecule has 0 bridgehead atoms. The molecule has 8 nitrogen and oxygen atoms in total. The first-order valence-corrected chi connectivity index (χ1v) is 10.8. The Bertz CT molecular complexity index is 1080. The number of hydrogen-bond donors (Lipinski definition) is 1. The van der Waals surface area contributed by atoms with Crippen LogP contribution in [0, 0.1) is 0 Å². The minimum absolute atomic E-state index is 0.0903. The summed E-state index contributed by atoms with van der Waals surface area (Å²) in [5.41, 5.74) is 8.63. The molecule has 32 heavy (non-hydrogen) atoms. The number of nitrogens with two attached hydrogens (primary N) is 1.